The molecule has 1 N–H and O–H groups in total. The van der Waals surface area contributed by atoms with Crippen LogP contribution in [0, 0.1) is 0 Å². The van der Waals surface area contributed by atoms with Crippen LogP contribution in [0.15, 0.2) is 0 Å². The van der Waals surface area contributed by atoms with E-state index in [1.165, 1.54) is 13.1 Å². The van der Waals surface area contributed by atoms with Gasteiger partial charge in [0, 0.05) is 25.2 Å². The summed E-state index contributed by atoms with van der Waals surface area (Å²) in [7, 11) is 2.17. The van der Waals surface area contributed by atoms with Crippen molar-refractivity contribution in [2.24, 2.45) is 0 Å². The summed E-state index contributed by atoms with van der Waals surface area (Å²) in [6.45, 7) is 2.58. The maximum absolute atomic E-state index is 3.29. The maximum Gasteiger partial charge on any atom is 0.0386 e. The van der Waals surface area contributed by atoms with E-state index in [1.807, 2.05) is 0 Å². The molecule has 0 aliphatic carbocycles. The Hall–Kier alpha value is -0.0800. The third-order valence-corrected chi connectivity index (χ3v) is 1.81. The molecule has 2 heterocycles. The molecule has 2 nitrogen and oxygen atoms in total. The Labute approximate surface area is 43.5 Å². The summed E-state index contributed by atoms with van der Waals surface area (Å²) in [6.07, 6.45) is 0. The number of hydrogen-bond donors (Lipinski definition) is 1. The second kappa shape index (κ2) is 1.01. The SMILES string of the molecule is CN1CC1C1CN1. The van der Waals surface area contributed by atoms with Crippen molar-refractivity contribution in [2.75, 3.05) is 20.1 Å². The number of rotatable bonds is 1. The van der Waals surface area contributed by atoms with Gasteiger partial charge in [-0.3, -0.25) is 4.90 Å². The standard InChI is InChI=1S/C5H10N2/c1-7-3-5(7)4-2-6-4/h4-6H,2-3H2,1H3. The average molecular weight is 98.1 g/mol. The number of nitrogens with zero attached hydrogens (tertiary/aromatic N) is 1. The predicted octanol–water partition coefficient (Wildman–Crippen LogP) is -0.728. The van der Waals surface area contributed by atoms with Crippen LogP contribution in [0.3, 0.4) is 0 Å². The highest BCUT2D eigenvalue weighted by Crippen LogP contribution is 2.22. The average Bonchev–Trinajstić information content (AvgIpc) is 2.23. The first-order valence-corrected chi connectivity index (χ1v) is 2.81. The van der Waals surface area contributed by atoms with Crippen LogP contribution in [0.1, 0.15) is 0 Å². The topological polar surface area (TPSA) is 25.0 Å². The Bertz CT molecular complexity index is 88.1. The predicted molar refractivity (Wildman–Crippen MR) is 28.2 cm³/mol. The quantitative estimate of drug-likeness (QED) is 0.437. The molecule has 0 radical (unpaired) electrons. The Kier molecular flexibility index (Phi) is 0.557. The Morgan fingerprint density at radius 1 is 1.71 bits per heavy atom. The van der Waals surface area contributed by atoms with Gasteiger partial charge in [0.2, 0.25) is 0 Å². The van der Waals surface area contributed by atoms with Gasteiger partial charge in [0.1, 0.15) is 0 Å². The van der Waals surface area contributed by atoms with E-state index in [1.54, 1.807) is 0 Å². The summed E-state index contributed by atoms with van der Waals surface area (Å²) in [5.74, 6) is 0. The molecule has 2 rings (SSSR count). The minimum atomic E-state index is 0.866. The van der Waals surface area contributed by atoms with Crippen LogP contribution < -0.4 is 5.32 Å². The first kappa shape index (κ1) is 3.87. The third-order valence-electron chi connectivity index (χ3n) is 1.81. The zero-order valence-electron chi connectivity index (χ0n) is 4.52. The van der Waals surface area contributed by atoms with E-state index < -0.39 is 0 Å². The van der Waals surface area contributed by atoms with Gasteiger partial charge in [-0.1, -0.05) is 0 Å². The lowest BCUT2D eigenvalue weighted by Gasteiger charge is -1.84. The van der Waals surface area contributed by atoms with Crippen molar-refractivity contribution in [2.45, 2.75) is 12.1 Å². The van der Waals surface area contributed by atoms with Crippen molar-refractivity contribution in [1.29, 1.82) is 0 Å². The summed E-state index contributed by atoms with van der Waals surface area (Å²) in [5, 5.41) is 3.29. The third kappa shape index (κ3) is 0.545. The second-order valence-corrected chi connectivity index (χ2v) is 2.52. The van der Waals surface area contributed by atoms with Gasteiger partial charge in [-0.05, 0) is 7.05 Å². The van der Waals surface area contributed by atoms with E-state index in [4.69, 9.17) is 0 Å². The highest BCUT2D eigenvalue weighted by atomic mass is 15.3. The van der Waals surface area contributed by atoms with Gasteiger partial charge in [-0.25, -0.2) is 0 Å². The zero-order valence-corrected chi connectivity index (χ0v) is 4.52. The maximum atomic E-state index is 3.29. The van der Waals surface area contributed by atoms with E-state index in [2.05, 4.69) is 17.3 Å². The fourth-order valence-corrected chi connectivity index (χ4v) is 1.02. The summed E-state index contributed by atoms with van der Waals surface area (Å²) < 4.78 is 0. The minimum absolute atomic E-state index is 0.866. The smallest absolute Gasteiger partial charge is 0.0386 e. The van der Waals surface area contributed by atoms with Crippen LogP contribution in [0.4, 0.5) is 0 Å². The van der Waals surface area contributed by atoms with E-state index in [-0.39, 0.29) is 0 Å². The number of hydrogen-bond acceptors (Lipinski definition) is 2. The molecule has 3 atom stereocenters. The molecule has 7 heavy (non-hydrogen) atoms. The van der Waals surface area contributed by atoms with Crippen LogP contribution in [-0.4, -0.2) is 37.1 Å². The van der Waals surface area contributed by atoms with Crippen LogP contribution in [-0.2, 0) is 0 Å². The van der Waals surface area contributed by atoms with Crippen molar-refractivity contribution in [3.8, 4) is 0 Å². The van der Waals surface area contributed by atoms with Gasteiger partial charge in [-0.2, -0.15) is 0 Å². The monoisotopic (exact) mass is 98.1 g/mol. The normalized spacial score (nSPS) is 57.0. The van der Waals surface area contributed by atoms with Crippen molar-refractivity contribution in [3.05, 3.63) is 0 Å². The van der Waals surface area contributed by atoms with E-state index in [0.29, 0.717) is 0 Å². The molecule has 0 saturated carbocycles. The van der Waals surface area contributed by atoms with Gasteiger partial charge in [0.15, 0.2) is 0 Å². The van der Waals surface area contributed by atoms with Crippen molar-refractivity contribution in [3.63, 3.8) is 0 Å². The van der Waals surface area contributed by atoms with Crippen LogP contribution in [0.25, 0.3) is 0 Å². The summed E-state index contributed by atoms with van der Waals surface area (Å²) in [5.41, 5.74) is 0. The molecule has 0 aromatic heterocycles. The first-order valence-electron chi connectivity index (χ1n) is 2.81. The molecular formula is C5H10N2. The van der Waals surface area contributed by atoms with Crippen LogP contribution in [0.5, 0.6) is 0 Å². The highest BCUT2D eigenvalue weighted by Gasteiger charge is 2.42. The van der Waals surface area contributed by atoms with Crippen LogP contribution in [0.2, 0.25) is 0 Å². The minimum Gasteiger partial charge on any atom is -0.310 e. The van der Waals surface area contributed by atoms with Crippen LogP contribution >= 0.6 is 0 Å². The van der Waals surface area contributed by atoms with Crippen molar-refractivity contribution >= 4 is 0 Å². The molecular weight excluding hydrogens is 88.1 g/mol. The van der Waals surface area contributed by atoms with Gasteiger partial charge in [-0.15, -0.1) is 0 Å². The molecule has 0 aromatic carbocycles. The molecule has 2 aliphatic rings. The van der Waals surface area contributed by atoms with Gasteiger partial charge in [0.25, 0.3) is 0 Å². The van der Waals surface area contributed by atoms with E-state index in [0.717, 1.165) is 12.1 Å². The zero-order chi connectivity index (χ0) is 4.85. The Morgan fingerprint density at radius 2 is 2.29 bits per heavy atom. The van der Waals surface area contributed by atoms with Crippen molar-refractivity contribution in [1.82, 2.24) is 10.2 Å². The first-order chi connectivity index (χ1) is 3.38. The molecule has 2 heteroatoms. The number of nitrogens with one attached hydrogen (secondary N) is 1. The molecule has 2 fully saturated rings. The van der Waals surface area contributed by atoms with Gasteiger partial charge >= 0.3 is 0 Å². The summed E-state index contributed by atoms with van der Waals surface area (Å²) in [4.78, 5) is 2.37. The largest absolute Gasteiger partial charge is 0.310 e. The molecule has 0 amide bonds. The molecule has 3 unspecified atom stereocenters. The van der Waals surface area contributed by atoms with Gasteiger partial charge in [0.05, 0.1) is 0 Å². The molecule has 2 aliphatic heterocycles. The second-order valence-electron chi connectivity index (χ2n) is 2.52. The van der Waals surface area contributed by atoms with Crippen molar-refractivity contribution < 1.29 is 0 Å². The fourth-order valence-electron chi connectivity index (χ4n) is 1.02. The Morgan fingerprint density at radius 3 is 2.43 bits per heavy atom. The lowest BCUT2D eigenvalue weighted by Crippen LogP contribution is -2.04. The lowest BCUT2D eigenvalue weighted by atomic mass is 10.4. The molecule has 0 bridgehead atoms. The van der Waals surface area contributed by atoms with Gasteiger partial charge < -0.3 is 5.32 Å². The molecule has 0 spiro atoms. The lowest BCUT2D eigenvalue weighted by molar-refractivity contribution is 0.606. The molecule has 2 saturated heterocycles. The Balaban J connectivity index is 1.88. The van der Waals surface area contributed by atoms with E-state index >= 15 is 0 Å². The summed E-state index contributed by atoms with van der Waals surface area (Å²) in [6, 6.07) is 1.77. The fraction of sp³-hybridized carbons (Fsp3) is 1.00. The molecule has 0 aromatic rings. The number of likely N-dealkylation sites (N-methyl/N-ethyl adjacent to an activating group) is 1. The summed E-state index contributed by atoms with van der Waals surface area (Å²) >= 11 is 0. The molecule has 40 valence electrons. The highest BCUT2D eigenvalue weighted by molar-refractivity contribution is 5.04. The van der Waals surface area contributed by atoms with E-state index in [9.17, 15) is 0 Å².